The van der Waals surface area contributed by atoms with Crippen LogP contribution in [-0.4, -0.2) is 19.7 Å². The minimum Gasteiger partial charge on any atom is -0.493 e. The number of hydrogen-bond donors (Lipinski definition) is 1. The Morgan fingerprint density at radius 1 is 1.40 bits per heavy atom. The van der Waals surface area contributed by atoms with E-state index in [1.54, 1.807) is 0 Å². The molecular formula is C13H19NO. The fraction of sp³-hybridized carbons (Fsp3) is 0.538. The second-order valence-corrected chi connectivity index (χ2v) is 4.44. The molecule has 1 aromatic carbocycles. The van der Waals surface area contributed by atoms with Crippen LogP contribution in [0.15, 0.2) is 18.2 Å². The van der Waals surface area contributed by atoms with E-state index in [1.807, 2.05) is 0 Å². The van der Waals surface area contributed by atoms with Crippen molar-refractivity contribution in [3.8, 4) is 5.75 Å². The van der Waals surface area contributed by atoms with Crippen LogP contribution >= 0.6 is 0 Å². The SMILES string of the molecule is Cc1ccc(C)c(OC[C@H]2CCNC2)c1. The van der Waals surface area contributed by atoms with Crippen molar-refractivity contribution in [3.63, 3.8) is 0 Å². The molecule has 0 spiro atoms. The first-order valence-corrected chi connectivity index (χ1v) is 5.66. The number of rotatable bonds is 3. The van der Waals surface area contributed by atoms with Gasteiger partial charge in [-0.2, -0.15) is 0 Å². The molecule has 0 unspecified atom stereocenters. The van der Waals surface area contributed by atoms with E-state index in [2.05, 4.69) is 37.4 Å². The van der Waals surface area contributed by atoms with Crippen LogP contribution in [0.2, 0.25) is 0 Å². The van der Waals surface area contributed by atoms with Crippen molar-refractivity contribution >= 4 is 0 Å². The lowest BCUT2D eigenvalue weighted by Crippen LogP contribution is -2.15. The lowest BCUT2D eigenvalue weighted by Gasteiger charge is -2.13. The van der Waals surface area contributed by atoms with Crippen molar-refractivity contribution in [2.75, 3.05) is 19.7 Å². The van der Waals surface area contributed by atoms with E-state index in [4.69, 9.17) is 4.74 Å². The molecule has 1 saturated heterocycles. The topological polar surface area (TPSA) is 21.3 Å². The van der Waals surface area contributed by atoms with Gasteiger partial charge in [-0.25, -0.2) is 0 Å². The highest BCUT2D eigenvalue weighted by Gasteiger charge is 2.15. The normalized spacial score (nSPS) is 20.5. The third-order valence-electron chi connectivity index (χ3n) is 2.98. The van der Waals surface area contributed by atoms with Crippen molar-refractivity contribution < 1.29 is 4.74 Å². The Labute approximate surface area is 91.6 Å². The maximum absolute atomic E-state index is 5.86. The molecule has 0 aromatic heterocycles. The van der Waals surface area contributed by atoms with E-state index in [0.717, 1.165) is 25.4 Å². The zero-order valence-corrected chi connectivity index (χ0v) is 9.55. The van der Waals surface area contributed by atoms with Crippen LogP contribution in [0.1, 0.15) is 17.5 Å². The Kier molecular flexibility index (Phi) is 3.27. The summed E-state index contributed by atoms with van der Waals surface area (Å²) in [6.45, 7) is 7.29. The summed E-state index contributed by atoms with van der Waals surface area (Å²) < 4.78 is 5.86. The summed E-state index contributed by atoms with van der Waals surface area (Å²) in [5.41, 5.74) is 2.49. The van der Waals surface area contributed by atoms with E-state index in [-0.39, 0.29) is 0 Å². The van der Waals surface area contributed by atoms with Gasteiger partial charge >= 0.3 is 0 Å². The molecule has 1 fully saturated rings. The predicted octanol–water partition coefficient (Wildman–Crippen LogP) is 2.29. The molecule has 2 nitrogen and oxygen atoms in total. The molecular weight excluding hydrogens is 186 g/mol. The smallest absolute Gasteiger partial charge is 0.122 e. The van der Waals surface area contributed by atoms with E-state index < -0.39 is 0 Å². The molecule has 15 heavy (non-hydrogen) atoms. The Balaban J connectivity index is 1.94. The molecule has 0 aliphatic carbocycles. The third-order valence-corrected chi connectivity index (χ3v) is 2.98. The van der Waals surface area contributed by atoms with Crippen molar-refractivity contribution in [2.24, 2.45) is 5.92 Å². The van der Waals surface area contributed by atoms with Gasteiger partial charge in [0, 0.05) is 12.5 Å². The monoisotopic (exact) mass is 205 g/mol. The largest absolute Gasteiger partial charge is 0.493 e. The first-order valence-electron chi connectivity index (χ1n) is 5.66. The summed E-state index contributed by atoms with van der Waals surface area (Å²) in [5.74, 6) is 1.73. The lowest BCUT2D eigenvalue weighted by atomic mass is 10.1. The summed E-state index contributed by atoms with van der Waals surface area (Å²) in [6, 6.07) is 6.37. The molecule has 0 radical (unpaired) electrons. The predicted molar refractivity (Wildman–Crippen MR) is 62.4 cm³/mol. The van der Waals surface area contributed by atoms with Crippen LogP contribution < -0.4 is 10.1 Å². The minimum absolute atomic E-state index is 0.685. The van der Waals surface area contributed by atoms with Gasteiger partial charge in [-0.05, 0) is 44.0 Å². The highest BCUT2D eigenvalue weighted by molar-refractivity contribution is 5.35. The van der Waals surface area contributed by atoms with Gasteiger partial charge in [0.05, 0.1) is 6.61 Å². The summed E-state index contributed by atoms with van der Waals surface area (Å²) in [4.78, 5) is 0. The fourth-order valence-electron chi connectivity index (χ4n) is 1.93. The number of hydrogen-bond acceptors (Lipinski definition) is 2. The van der Waals surface area contributed by atoms with Crippen LogP contribution in [0.5, 0.6) is 5.75 Å². The highest BCUT2D eigenvalue weighted by Crippen LogP contribution is 2.20. The first-order chi connectivity index (χ1) is 7.25. The third kappa shape index (κ3) is 2.72. The Morgan fingerprint density at radius 2 is 2.27 bits per heavy atom. The minimum atomic E-state index is 0.685. The molecule has 1 aliphatic rings. The zero-order chi connectivity index (χ0) is 10.7. The van der Waals surface area contributed by atoms with Crippen LogP contribution in [0, 0.1) is 19.8 Å². The van der Waals surface area contributed by atoms with Crippen molar-refractivity contribution in [1.29, 1.82) is 0 Å². The number of ether oxygens (including phenoxy) is 1. The molecule has 82 valence electrons. The van der Waals surface area contributed by atoms with Gasteiger partial charge in [-0.1, -0.05) is 12.1 Å². The quantitative estimate of drug-likeness (QED) is 0.817. The van der Waals surface area contributed by atoms with E-state index in [1.165, 1.54) is 17.5 Å². The summed E-state index contributed by atoms with van der Waals surface area (Å²) in [7, 11) is 0. The van der Waals surface area contributed by atoms with E-state index in [9.17, 15) is 0 Å². The zero-order valence-electron chi connectivity index (χ0n) is 9.55. The van der Waals surface area contributed by atoms with Crippen LogP contribution in [0.3, 0.4) is 0 Å². The van der Waals surface area contributed by atoms with E-state index >= 15 is 0 Å². The summed E-state index contributed by atoms with van der Waals surface area (Å²) >= 11 is 0. The summed E-state index contributed by atoms with van der Waals surface area (Å²) in [5, 5.41) is 3.35. The fourth-order valence-corrected chi connectivity index (χ4v) is 1.93. The van der Waals surface area contributed by atoms with Crippen molar-refractivity contribution in [1.82, 2.24) is 5.32 Å². The first kappa shape index (κ1) is 10.5. The van der Waals surface area contributed by atoms with Crippen LogP contribution in [0.25, 0.3) is 0 Å². The van der Waals surface area contributed by atoms with Gasteiger partial charge in [-0.15, -0.1) is 0 Å². The van der Waals surface area contributed by atoms with Crippen LogP contribution in [0.4, 0.5) is 0 Å². The highest BCUT2D eigenvalue weighted by atomic mass is 16.5. The number of benzene rings is 1. The lowest BCUT2D eigenvalue weighted by molar-refractivity contribution is 0.258. The molecule has 0 amide bonds. The molecule has 1 heterocycles. The van der Waals surface area contributed by atoms with Gasteiger partial charge in [0.15, 0.2) is 0 Å². The standard InChI is InChI=1S/C13H19NO/c1-10-3-4-11(2)13(7-10)15-9-12-5-6-14-8-12/h3-4,7,12,14H,5-6,8-9H2,1-2H3/t12-/m0/s1. The Bertz CT molecular complexity index is 329. The van der Waals surface area contributed by atoms with Gasteiger partial charge in [0.2, 0.25) is 0 Å². The average Bonchev–Trinajstić information content (AvgIpc) is 2.72. The van der Waals surface area contributed by atoms with Crippen molar-refractivity contribution in [2.45, 2.75) is 20.3 Å². The van der Waals surface area contributed by atoms with Gasteiger partial charge < -0.3 is 10.1 Å². The Hall–Kier alpha value is -1.02. The van der Waals surface area contributed by atoms with Crippen LogP contribution in [-0.2, 0) is 0 Å². The second kappa shape index (κ2) is 4.67. The molecule has 2 heteroatoms. The van der Waals surface area contributed by atoms with Gasteiger partial charge in [0.1, 0.15) is 5.75 Å². The Morgan fingerprint density at radius 3 is 3.00 bits per heavy atom. The molecule has 1 atom stereocenters. The van der Waals surface area contributed by atoms with E-state index in [0.29, 0.717) is 5.92 Å². The van der Waals surface area contributed by atoms with Gasteiger partial charge in [-0.3, -0.25) is 0 Å². The molecule has 1 aliphatic heterocycles. The summed E-state index contributed by atoms with van der Waals surface area (Å²) in [6.07, 6.45) is 1.24. The average molecular weight is 205 g/mol. The molecule has 2 rings (SSSR count). The molecule has 0 bridgehead atoms. The molecule has 1 aromatic rings. The number of nitrogens with one attached hydrogen (secondary N) is 1. The van der Waals surface area contributed by atoms with Crippen molar-refractivity contribution in [3.05, 3.63) is 29.3 Å². The number of aryl methyl sites for hydroxylation is 2. The molecule has 1 N–H and O–H groups in total. The maximum atomic E-state index is 5.86. The van der Waals surface area contributed by atoms with Gasteiger partial charge in [0.25, 0.3) is 0 Å². The molecule has 0 saturated carbocycles. The maximum Gasteiger partial charge on any atom is 0.122 e. The second-order valence-electron chi connectivity index (χ2n) is 4.44.